The highest BCUT2D eigenvalue weighted by Crippen LogP contribution is 2.40. The van der Waals surface area contributed by atoms with Gasteiger partial charge in [-0.05, 0) is 74.0 Å². The number of halogens is 1. The molecule has 2 aliphatic heterocycles. The molecule has 0 aliphatic carbocycles. The van der Waals surface area contributed by atoms with Crippen LogP contribution in [0.4, 0.5) is 0 Å². The van der Waals surface area contributed by atoms with Gasteiger partial charge in [0.1, 0.15) is 18.5 Å². The minimum atomic E-state index is -0.528. The van der Waals surface area contributed by atoms with Crippen molar-refractivity contribution in [3.05, 3.63) is 47.7 Å². The topological polar surface area (TPSA) is 54.8 Å². The number of nitrogens with zero attached hydrogens (tertiary/aromatic N) is 2. The molecule has 3 heterocycles. The van der Waals surface area contributed by atoms with Gasteiger partial charge in [0, 0.05) is 42.7 Å². The van der Waals surface area contributed by atoms with Crippen molar-refractivity contribution in [3.8, 4) is 16.9 Å². The van der Waals surface area contributed by atoms with Gasteiger partial charge in [0.2, 0.25) is 0 Å². The first-order valence-corrected chi connectivity index (χ1v) is 10.8. The van der Waals surface area contributed by atoms with Crippen LogP contribution in [0.15, 0.2) is 42.7 Å². The molecule has 1 aromatic heterocycles. The van der Waals surface area contributed by atoms with Crippen molar-refractivity contribution in [2.24, 2.45) is 5.41 Å². The number of hydrogen-bond acceptors (Lipinski definition) is 5. The van der Waals surface area contributed by atoms with Crippen molar-refractivity contribution in [3.63, 3.8) is 0 Å². The van der Waals surface area contributed by atoms with E-state index >= 15 is 0 Å². The number of aliphatic hydroxyl groups excluding tert-OH is 1. The average Bonchev–Trinajstić information content (AvgIpc) is 2.75. The second kappa shape index (κ2) is 9.43. The van der Waals surface area contributed by atoms with Gasteiger partial charge in [-0.3, -0.25) is 4.98 Å². The standard InChI is InChI=1S/C23H29ClN2O3/c24-20-12-19(18-2-1-7-25-15-18)13-22(14-20)29-17-21(27)16-26-8-3-23(4-9-26)5-10-28-11-6-23/h1-2,7,12-15,21,27H,3-6,8-11,16-17H2. The van der Waals surface area contributed by atoms with Crippen LogP contribution >= 0.6 is 11.6 Å². The minimum absolute atomic E-state index is 0.252. The Balaban J connectivity index is 1.28. The average molecular weight is 417 g/mol. The third kappa shape index (κ3) is 5.48. The van der Waals surface area contributed by atoms with Crippen LogP contribution in [-0.4, -0.2) is 60.5 Å². The van der Waals surface area contributed by atoms with Gasteiger partial charge >= 0.3 is 0 Å². The van der Waals surface area contributed by atoms with E-state index in [0.717, 1.165) is 37.4 Å². The molecule has 29 heavy (non-hydrogen) atoms. The monoisotopic (exact) mass is 416 g/mol. The summed E-state index contributed by atoms with van der Waals surface area (Å²) in [5.74, 6) is 0.662. The normalized spacial score (nSPS) is 20.5. The van der Waals surface area contributed by atoms with Gasteiger partial charge in [-0.2, -0.15) is 0 Å². The molecular weight excluding hydrogens is 388 g/mol. The summed E-state index contributed by atoms with van der Waals surface area (Å²) in [6.45, 7) is 4.78. The van der Waals surface area contributed by atoms with E-state index in [1.54, 1.807) is 18.5 Å². The summed E-state index contributed by atoms with van der Waals surface area (Å²) < 4.78 is 11.4. The quantitative estimate of drug-likeness (QED) is 0.770. The fraction of sp³-hybridized carbons (Fsp3) is 0.522. The zero-order valence-electron chi connectivity index (χ0n) is 16.7. The number of rotatable bonds is 6. The summed E-state index contributed by atoms with van der Waals surface area (Å²) in [5.41, 5.74) is 2.41. The first-order chi connectivity index (χ1) is 14.1. The van der Waals surface area contributed by atoms with E-state index in [1.165, 1.54) is 25.7 Å². The Bertz CT molecular complexity index is 786. The molecule has 1 atom stereocenters. The Morgan fingerprint density at radius 1 is 1.14 bits per heavy atom. The first kappa shape index (κ1) is 20.6. The SMILES string of the molecule is OC(COc1cc(Cl)cc(-c2cccnc2)c1)CN1CCC2(CCOCC2)CC1. The number of piperidine rings is 1. The molecule has 1 aromatic carbocycles. The van der Waals surface area contributed by atoms with Crippen LogP contribution in [0.25, 0.3) is 11.1 Å². The highest BCUT2D eigenvalue weighted by molar-refractivity contribution is 6.31. The third-order valence-electron chi connectivity index (χ3n) is 6.25. The van der Waals surface area contributed by atoms with Gasteiger partial charge in [-0.15, -0.1) is 0 Å². The van der Waals surface area contributed by atoms with Gasteiger partial charge in [0.05, 0.1) is 0 Å². The number of β-amino-alcohol motifs (C(OH)–C–C–N with tert-alkyl or cyclic N) is 1. The summed E-state index contributed by atoms with van der Waals surface area (Å²) in [7, 11) is 0. The summed E-state index contributed by atoms with van der Waals surface area (Å²) in [4.78, 5) is 6.51. The molecule has 2 saturated heterocycles. The number of ether oxygens (including phenoxy) is 2. The summed E-state index contributed by atoms with van der Waals surface area (Å²) >= 11 is 6.26. The number of aliphatic hydroxyl groups is 1. The van der Waals surface area contributed by atoms with E-state index < -0.39 is 6.10 Å². The Morgan fingerprint density at radius 3 is 2.66 bits per heavy atom. The van der Waals surface area contributed by atoms with Crippen molar-refractivity contribution in [2.75, 3.05) is 39.5 Å². The molecule has 1 spiro atoms. The smallest absolute Gasteiger partial charge is 0.121 e. The molecule has 5 nitrogen and oxygen atoms in total. The van der Waals surface area contributed by atoms with Crippen LogP contribution in [0.3, 0.4) is 0 Å². The van der Waals surface area contributed by atoms with Crippen LogP contribution < -0.4 is 4.74 Å². The van der Waals surface area contributed by atoms with E-state index in [1.807, 2.05) is 24.3 Å². The Kier molecular flexibility index (Phi) is 6.70. The largest absolute Gasteiger partial charge is 0.491 e. The van der Waals surface area contributed by atoms with Gasteiger partial charge in [0.25, 0.3) is 0 Å². The molecule has 1 N–H and O–H groups in total. The summed E-state index contributed by atoms with van der Waals surface area (Å²) in [6.07, 6.45) is 7.78. The molecule has 4 rings (SSSR count). The lowest BCUT2D eigenvalue weighted by Crippen LogP contribution is -2.46. The van der Waals surface area contributed by atoms with E-state index in [9.17, 15) is 5.11 Å². The van der Waals surface area contributed by atoms with Gasteiger partial charge in [0.15, 0.2) is 0 Å². The van der Waals surface area contributed by atoms with Gasteiger partial charge in [-0.1, -0.05) is 17.7 Å². The van der Waals surface area contributed by atoms with Crippen LogP contribution in [0.5, 0.6) is 5.75 Å². The molecule has 1 unspecified atom stereocenters. The van der Waals surface area contributed by atoms with Crippen LogP contribution in [-0.2, 0) is 4.74 Å². The second-order valence-corrected chi connectivity index (χ2v) is 8.73. The summed E-state index contributed by atoms with van der Waals surface area (Å²) in [6, 6.07) is 9.49. The zero-order chi connectivity index (χ0) is 20.1. The number of hydrogen-bond donors (Lipinski definition) is 1. The highest BCUT2D eigenvalue weighted by Gasteiger charge is 2.36. The first-order valence-electron chi connectivity index (χ1n) is 10.4. The fourth-order valence-corrected chi connectivity index (χ4v) is 4.63. The maximum atomic E-state index is 10.5. The lowest BCUT2D eigenvalue weighted by Gasteiger charge is -2.44. The third-order valence-corrected chi connectivity index (χ3v) is 6.47. The lowest BCUT2D eigenvalue weighted by molar-refractivity contribution is -0.0293. The van der Waals surface area contributed by atoms with Crippen molar-refractivity contribution in [2.45, 2.75) is 31.8 Å². The Hall–Kier alpha value is -1.66. The molecule has 2 aliphatic rings. The van der Waals surface area contributed by atoms with Gasteiger partial charge in [-0.25, -0.2) is 0 Å². The van der Waals surface area contributed by atoms with Crippen LogP contribution in [0.1, 0.15) is 25.7 Å². The Morgan fingerprint density at radius 2 is 1.93 bits per heavy atom. The van der Waals surface area contributed by atoms with E-state index in [4.69, 9.17) is 21.1 Å². The highest BCUT2D eigenvalue weighted by atomic mass is 35.5. The molecular formula is C23H29ClN2O3. The van der Waals surface area contributed by atoms with Crippen molar-refractivity contribution in [1.29, 1.82) is 0 Å². The molecule has 2 aromatic rings. The maximum absolute atomic E-state index is 10.5. The molecule has 0 radical (unpaired) electrons. The molecule has 0 saturated carbocycles. The zero-order valence-corrected chi connectivity index (χ0v) is 17.5. The predicted molar refractivity (Wildman–Crippen MR) is 114 cm³/mol. The fourth-order valence-electron chi connectivity index (χ4n) is 4.40. The lowest BCUT2D eigenvalue weighted by atomic mass is 9.72. The van der Waals surface area contributed by atoms with Crippen molar-refractivity contribution < 1.29 is 14.6 Å². The molecule has 0 bridgehead atoms. The maximum Gasteiger partial charge on any atom is 0.121 e. The van der Waals surface area contributed by atoms with E-state index in [2.05, 4.69) is 9.88 Å². The van der Waals surface area contributed by atoms with Crippen LogP contribution in [0, 0.1) is 5.41 Å². The summed E-state index contributed by atoms with van der Waals surface area (Å²) in [5, 5.41) is 11.1. The number of likely N-dealkylation sites (tertiary alicyclic amines) is 1. The molecule has 2 fully saturated rings. The number of benzene rings is 1. The van der Waals surface area contributed by atoms with Gasteiger partial charge < -0.3 is 19.5 Å². The molecule has 0 amide bonds. The van der Waals surface area contributed by atoms with Crippen LogP contribution in [0.2, 0.25) is 5.02 Å². The second-order valence-electron chi connectivity index (χ2n) is 8.30. The molecule has 156 valence electrons. The van der Waals surface area contributed by atoms with Crippen molar-refractivity contribution in [1.82, 2.24) is 9.88 Å². The van der Waals surface area contributed by atoms with Crippen molar-refractivity contribution >= 4 is 11.6 Å². The Labute approximate surface area is 177 Å². The van der Waals surface area contributed by atoms with E-state index in [-0.39, 0.29) is 6.61 Å². The minimum Gasteiger partial charge on any atom is -0.491 e. The molecule has 6 heteroatoms. The van der Waals surface area contributed by atoms with E-state index in [0.29, 0.717) is 22.7 Å². The predicted octanol–water partition coefficient (Wildman–Crippen LogP) is 4.03. The number of aromatic nitrogens is 1. The number of pyridine rings is 1.